The Hall–Kier alpha value is -0.0800. The summed E-state index contributed by atoms with van der Waals surface area (Å²) in [6.07, 6.45) is 6.56. The summed E-state index contributed by atoms with van der Waals surface area (Å²) in [4.78, 5) is 0. The Morgan fingerprint density at radius 3 is 2.58 bits per heavy atom. The molecule has 12 heavy (non-hydrogen) atoms. The minimum Gasteiger partial charge on any atom is -0.363 e. The van der Waals surface area contributed by atoms with Gasteiger partial charge in [-0.15, -0.1) is 0 Å². The minimum absolute atomic E-state index is 0.138. The molecule has 2 atom stereocenters. The van der Waals surface area contributed by atoms with Crippen LogP contribution in [0.15, 0.2) is 0 Å². The van der Waals surface area contributed by atoms with Crippen LogP contribution in [0.25, 0.3) is 0 Å². The van der Waals surface area contributed by atoms with Crippen molar-refractivity contribution >= 4 is 0 Å². The van der Waals surface area contributed by atoms with E-state index in [2.05, 4.69) is 13.8 Å². The van der Waals surface area contributed by atoms with Crippen molar-refractivity contribution in [1.82, 2.24) is 0 Å². The van der Waals surface area contributed by atoms with Crippen LogP contribution in [0, 0.1) is 0 Å². The summed E-state index contributed by atoms with van der Waals surface area (Å²) >= 11 is 0. The summed E-state index contributed by atoms with van der Waals surface area (Å²) in [6.45, 7) is 4.29. The average molecular weight is 172 g/mol. The van der Waals surface area contributed by atoms with Crippen LogP contribution in [-0.2, 0) is 4.74 Å². The van der Waals surface area contributed by atoms with Gasteiger partial charge in [0.05, 0.1) is 0 Å². The van der Waals surface area contributed by atoms with Gasteiger partial charge in [0.1, 0.15) is 6.10 Å². The molecule has 1 heterocycles. The highest BCUT2D eigenvalue weighted by atomic mass is 16.7. The van der Waals surface area contributed by atoms with E-state index in [0.29, 0.717) is 0 Å². The van der Waals surface area contributed by atoms with Gasteiger partial charge in [0.25, 0.3) is 0 Å². The first-order valence-electron chi connectivity index (χ1n) is 5.13. The minimum atomic E-state index is -0.731. The third-order valence-electron chi connectivity index (χ3n) is 2.48. The summed E-state index contributed by atoms with van der Waals surface area (Å²) in [5.74, 6) is -0.731. The molecule has 2 heteroatoms. The summed E-state index contributed by atoms with van der Waals surface area (Å²) < 4.78 is 5.25. The van der Waals surface area contributed by atoms with Gasteiger partial charge in [0.2, 0.25) is 0 Å². The van der Waals surface area contributed by atoms with Crippen LogP contribution in [0.1, 0.15) is 52.4 Å². The first-order valence-corrected chi connectivity index (χ1v) is 5.13. The maximum absolute atomic E-state index is 9.72. The molecular formula is C10H20O2. The lowest BCUT2D eigenvalue weighted by molar-refractivity contribution is 0.0264. The van der Waals surface area contributed by atoms with E-state index in [9.17, 15) is 5.11 Å². The lowest BCUT2D eigenvalue weighted by Crippen LogP contribution is -2.13. The second-order valence-corrected chi connectivity index (χ2v) is 3.70. The molecule has 0 saturated carbocycles. The molecule has 0 bridgehead atoms. The molecule has 2 unspecified atom stereocenters. The maximum atomic E-state index is 9.72. The molecule has 1 saturated heterocycles. The molecule has 0 aromatic rings. The first kappa shape index (κ1) is 10.0. The second-order valence-electron chi connectivity index (χ2n) is 3.70. The van der Waals surface area contributed by atoms with Crippen molar-refractivity contribution in [1.29, 1.82) is 0 Å². The van der Waals surface area contributed by atoms with Gasteiger partial charge in [-0.1, -0.05) is 33.1 Å². The van der Waals surface area contributed by atoms with Crippen molar-refractivity contribution in [2.75, 3.05) is 0 Å². The molecule has 0 spiro atoms. The molecule has 0 aliphatic carbocycles. The molecule has 72 valence electrons. The fourth-order valence-electron chi connectivity index (χ4n) is 1.61. The van der Waals surface area contributed by atoms with Gasteiger partial charge in [0.15, 0.2) is 5.79 Å². The Balaban J connectivity index is 2.08. The van der Waals surface area contributed by atoms with Gasteiger partial charge in [-0.05, 0) is 12.8 Å². The van der Waals surface area contributed by atoms with Crippen LogP contribution >= 0.6 is 0 Å². The molecule has 2 nitrogen and oxygen atoms in total. The van der Waals surface area contributed by atoms with Crippen LogP contribution in [0.4, 0.5) is 0 Å². The van der Waals surface area contributed by atoms with Crippen LogP contribution in [-0.4, -0.2) is 17.0 Å². The molecule has 1 fully saturated rings. The zero-order chi connectivity index (χ0) is 9.03. The lowest BCUT2D eigenvalue weighted by Gasteiger charge is -2.03. The molecule has 0 aromatic carbocycles. The number of hydrogen-bond acceptors (Lipinski definition) is 2. The number of unbranched alkanes of at least 4 members (excludes halogenated alkanes) is 2. The van der Waals surface area contributed by atoms with Crippen molar-refractivity contribution in [3.05, 3.63) is 0 Å². The Labute approximate surface area is 74.9 Å². The van der Waals surface area contributed by atoms with Gasteiger partial charge >= 0.3 is 0 Å². The Kier molecular flexibility index (Phi) is 3.53. The van der Waals surface area contributed by atoms with Crippen LogP contribution in [0.2, 0.25) is 0 Å². The van der Waals surface area contributed by atoms with E-state index in [4.69, 9.17) is 4.74 Å². The van der Waals surface area contributed by atoms with Gasteiger partial charge in [0, 0.05) is 6.42 Å². The van der Waals surface area contributed by atoms with E-state index < -0.39 is 5.79 Å². The summed E-state index contributed by atoms with van der Waals surface area (Å²) in [6, 6.07) is 0. The Morgan fingerprint density at radius 2 is 2.00 bits per heavy atom. The predicted octanol–water partition coefficient (Wildman–Crippen LogP) is 2.45. The molecule has 0 radical (unpaired) electrons. The van der Waals surface area contributed by atoms with Gasteiger partial charge in [-0.25, -0.2) is 0 Å². The van der Waals surface area contributed by atoms with E-state index in [0.717, 1.165) is 25.7 Å². The fraction of sp³-hybridized carbons (Fsp3) is 1.00. The predicted molar refractivity (Wildman–Crippen MR) is 48.9 cm³/mol. The van der Waals surface area contributed by atoms with E-state index in [1.54, 1.807) is 0 Å². The largest absolute Gasteiger partial charge is 0.363 e. The zero-order valence-corrected chi connectivity index (χ0v) is 8.18. The highest BCUT2D eigenvalue weighted by Gasteiger charge is 2.53. The molecule has 0 aromatic heterocycles. The quantitative estimate of drug-likeness (QED) is 0.493. The SMILES string of the molecule is CCCCCC1(O)OC1CCC. The van der Waals surface area contributed by atoms with Crippen molar-refractivity contribution < 1.29 is 9.84 Å². The molecule has 1 aliphatic rings. The highest BCUT2D eigenvalue weighted by molar-refractivity contribution is 4.91. The fourth-order valence-corrected chi connectivity index (χ4v) is 1.61. The number of hydrogen-bond donors (Lipinski definition) is 1. The zero-order valence-electron chi connectivity index (χ0n) is 8.18. The maximum Gasteiger partial charge on any atom is 0.192 e. The number of rotatable bonds is 6. The first-order chi connectivity index (χ1) is 5.73. The van der Waals surface area contributed by atoms with E-state index in [1.807, 2.05) is 0 Å². The second kappa shape index (κ2) is 4.24. The molecule has 1 N–H and O–H groups in total. The van der Waals surface area contributed by atoms with Gasteiger partial charge in [-0.2, -0.15) is 0 Å². The normalized spacial score (nSPS) is 33.8. The lowest BCUT2D eigenvalue weighted by atomic mass is 10.1. The van der Waals surface area contributed by atoms with Gasteiger partial charge in [-0.3, -0.25) is 0 Å². The monoisotopic (exact) mass is 172 g/mol. The topological polar surface area (TPSA) is 32.8 Å². The summed E-state index contributed by atoms with van der Waals surface area (Å²) in [5.41, 5.74) is 0. The molecule has 1 rings (SSSR count). The summed E-state index contributed by atoms with van der Waals surface area (Å²) in [5, 5.41) is 9.72. The molecule has 1 aliphatic heterocycles. The van der Waals surface area contributed by atoms with Crippen molar-refractivity contribution in [3.63, 3.8) is 0 Å². The van der Waals surface area contributed by atoms with E-state index in [-0.39, 0.29) is 6.10 Å². The Bertz CT molecular complexity index is 136. The molecular weight excluding hydrogens is 152 g/mol. The number of ether oxygens (including phenoxy) is 1. The number of aliphatic hydroxyl groups is 1. The Morgan fingerprint density at radius 1 is 1.25 bits per heavy atom. The standard InChI is InChI=1S/C10H20O2/c1-3-5-6-8-10(11)9(12-10)7-4-2/h9,11H,3-8H2,1-2H3. The highest BCUT2D eigenvalue weighted by Crippen LogP contribution is 2.40. The van der Waals surface area contributed by atoms with Crippen LogP contribution < -0.4 is 0 Å². The van der Waals surface area contributed by atoms with Crippen molar-refractivity contribution in [3.8, 4) is 0 Å². The van der Waals surface area contributed by atoms with Crippen LogP contribution in [0.5, 0.6) is 0 Å². The average Bonchev–Trinajstić information content (AvgIpc) is 2.64. The van der Waals surface area contributed by atoms with Crippen LogP contribution in [0.3, 0.4) is 0 Å². The smallest absolute Gasteiger partial charge is 0.192 e. The van der Waals surface area contributed by atoms with Crippen molar-refractivity contribution in [2.45, 2.75) is 64.3 Å². The third kappa shape index (κ3) is 2.46. The summed E-state index contributed by atoms with van der Waals surface area (Å²) in [7, 11) is 0. The van der Waals surface area contributed by atoms with E-state index in [1.165, 1.54) is 12.8 Å². The van der Waals surface area contributed by atoms with Gasteiger partial charge < -0.3 is 9.84 Å². The van der Waals surface area contributed by atoms with E-state index >= 15 is 0 Å². The number of epoxide rings is 1. The third-order valence-corrected chi connectivity index (χ3v) is 2.48. The van der Waals surface area contributed by atoms with Crippen molar-refractivity contribution in [2.24, 2.45) is 0 Å². The molecule has 0 amide bonds.